The molecule has 2 rings (SSSR count). The minimum Gasteiger partial charge on any atom is -0.387 e. The molecule has 1 aromatic rings. The van der Waals surface area contributed by atoms with Crippen molar-refractivity contribution >= 4 is 23.5 Å². The van der Waals surface area contributed by atoms with E-state index in [0.717, 1.165) is 17.7 Å². The highest BCUT2D eigenvalue weighted by Crippen LogP contribution is 2.40. The molecule has 0 aromatic heterocycles. The second kappa shape index (κ2) is 6.36. The van der Waals surface area contributed by atoms with Gasteiger partial charge in [0.15, 0.2) is 0 Å². The van der Waals surface area contributed by atoms with Gasteiger partial charge in [-0.05, 0) is 31.4 Å². The third kappa shape index (κ3) is 3.06. The standard InChI is InChI=1S/C15H22OS2/c1-4-13-15(18-8-7-17-13)14(16)12-9-10(2)5-6-11(12)3/h5-6,9,13-16H,4,7-8H2,1-3H3. The molecule has 0 spiro atoms. The molecule has 100 valence electrons. The maximum atomic E-state index is 10.7. The molecule has 3 heteroatoms. The molecular formula is C15H22OS2. The monoisotopic (exact) mass is 282 g/mol. The Hall–Kier alpha value is -0.120. The first kappa shape index (κ1) is 14.3. The van der Waals surface area contributed by atoms with Crippen LogP contribution in [0.3, 0.4) is 0 Å². The smallest absolute Gasteiger partial charge is 0.0921 e. The van der Waals surface area contributed by atoms with Crippen molar-refractivity contribution in [2.75, 3.05) is 11.5 Å². The highest BCUT2D eigenvalue weighted by Gasteiger charge is 2.32. The molecule has 3 unspecified atom stereocenters. The summed E-state index contributed by atoms with van der Waals surface area (Å²) in [6, 6.07) is 6.38. The van der Waals surface area contributed by atoms with Gasteiger partial charge in [-0.15, -0.1) is 0 Å². The molecule has 3 atom stereocenters. The van der Waals surface area contributed by atoms with Crippen molar-refractivity contribution in [1.82, 2.24) is 0 Å². The van der Waals surface area contributed by atoms with Crippen molar-refractivity contribution in [1.29, 1.82) is 0 Å². The van der Waals surface area contributed by atoms with Crippen LogP contribution in [0.1, 0.15) is 36.1 Å². The largest absolute Gasteiger partial charge is 0.387 e. The number of aliphatic hydroxyl groups is 1. The van der Waals surface area contributed by atoms with Gasteiger partial charge in [0, 0.05) is 22.0 Å². The Morgan fingerprint density at radius 1 is 1.28 bits per heavy atom. The lowest BCUT2D eigenvalue weighted by Gasteiger charge is -2.34. The third-order valence-corrected chi connectivity index (χ3v) is 6.90. The van der Waals surface area contributed by atoms with Crippen molar-refractivity contribution in [3.63, 3.8) is 0 Å². The van der Waals surface area contributed by atoms with Gasteiger partial charge in [-0.2, -0.15) is 23.5 Å². The number of benzene rings is 1. The Morgan fingerprint density at radius 2 is 2.00 bits per heavy atom. The van der Waals surface area contributed by atoms with Crippen LogP contribution in [0.4, 0.5) is 0 Å². The summed E-state index contributed by atoms with van der Waals surface area (Å²) in [5.41, 5.74) is 3.56. The molecule has 0 saturated carbocycles. The quantitative estimate of drug-likeness (QED) is 0.906. The molecule has 1 nitrogen and oxygen atoms in total. The number of rotatable bonds is 3. The van der Waals surface area contributed by atoms with Gasteiger partial charge in [-0.1, -0.05) is 30.7 Å². The molecule has 1 saturated heterocycles. The molecule has 1 aromatic carbocycles. The van der Waals surface area contributed by atoms with Gasteiger partial charge < -0.3 is 5.11 Å². The molecule has 0 radical (unpaired) electrons. The average molecular weight is 282 g/mol. The topological polar surface area (TPSA) is 20.2 Å². The van der Waals surface area contributed by atoms with Crippen LogP contribution in [0.2, 0.25) is 0 Å². The fourth-order valence-electron chi connectivity index (χ4n) is 2.49. The van der Waals surface area contributed by atoms with Crippen molar-refractivity contribution < 1.29 is 5.11 Å². The summed E-state index contributed by atoms with van der Waals surface area (Å²) >= 11 is 3.97. The fraction of sp³-hybridized carbons (Fsp3) is 0.600. The van der Waals surface area contributed by atoms with Gasteiger partial charge >= 0.3 is 0 Å². The summed E-state index contributed by atoms with van der Waals surface area (Å²) in [6.45, 7) is 6.42. The lowest BCUT2D eigenvalue weighted by atomic mass is 9.97. The summed E-state index contributed by atoms with van der Waals surface area (Å²) in [5, 5.41) is 11.6. The van der Waals surface area contributed by atoms with Crippen LogP contribution in [-0.4, -0.2) is 27.1 Å². The van der Waals surface area contributed by atoms with E-state index in [2.05, 4.69) is 39.0 Å². The molecule has 1 fully saturated rings. The molecule has 1 aliphatic rings. The van der Waals surface area contributed by atoms with E-state index in [0.29, 0.717) is 10.5 Å². The molecule has 0 bridgehead atoms. The van der Waals surface area contributed by atoms with E-state index in [4.69, 9.17) is 0 Å². The van der Waals surface area contributed by atoms with E-state index in [1.54, 1.807) is 0 Å². The van der Waals surface area contributed by atoms with E-state index in [9.17, 15) is 5.11 Å². The van der Waals surface area contributed by atoms with E-state index in [1.807, 2.05) is 23.5 Å². The lowest BCUT2D eigenvalue weighted by molar-refractivity contribution is 0.171. The summed E-state index contributed by atoms with van der Waals surface area (Å²) in [6.07, 6.45) is 0.817. The van der Waals surface area contributed by atoms with Crippen molar-refractivity contribution in [3.8, 4) is 0 Å². The summed E-state index contributed by atoms with van der Waals surface area (Å²) in [4.78, 5) is 0. The fourth-order valence-corrected chi connectivity index (χ4v) is 5.61. The van der Waals surface area contributed by atoms with Crippen LogP contribution in [0.15, 0.2) is 18.2 Å². The molecule has 1 N–H and O–H groups in total. The van der Waals surface area contributed by atoms with E-state index >= 15 is 0 Å². The van der Waals surface area contributed by atoms with Gasteiger partial charge in [0.2, 0.25) is 0 Å². The second-order valence-corrected chi connectivity index (χ2v) is 7.59. The predicted octanol–water partition coefficient (Wildman–Crippen LogP) is 3.96. The highest BCUT2D eigenvalue weighted by molar-refractivity contribution is 8.07. The van der Waals surface area contributed by atoms with Crippen LogP contribution < -0.4 is 0 Å². The number of aryl methyl sites for hydroxylation is 2. The first-order valence-electron chi connectivity index (χ1n) is 6.62. The van der Waals surface area contributed by atoms with E-state index in [-0.39, 0.29) is 6.10 Å². The van der Waals surface area contributed by atoms with E-state index in [1.165, 1.54) is 16.9 Å². The van der Waals surface area contributed by atoms with E-state index < -0.39 is 0 Å². The SMILES string of the molecule is CCC1SCCSC1C(O)c1cc(C)ccc1C. The Morgan fingerprint density at radius 3 is 2.72 bits per heavy atom. The molecule has 18 heavy (non-hydrogen) atoms. The van der Waals surface area contributed by atoms with Gasteiger partial charge in [0.25, 0.3) is 0 Å². The number of hydrogen-bond donors (Lipinski definition) is 1. The van der Waals surface area contributed by atoms with Crippen LogP contribution in [0.5, 0.6) is 0 Å². The maximum absolute atomic E-state index is 10.7. The summed E-state index contributed by atoms with van der Waals surface area (Å²) in [5.74, 6) is 2.38. The molecule has 1 aliphatic heterocycles. The zero-order valence-corrected chi connectivity index (χ0v) is 13.0. The zero-order valence-electron chi connectivity index (χ0n) is 11.3. The van der Waals surface area contributed by atoms with Gasteiger partial charge in [-0.3, -0.25) is 0 Å². The molecule has 0 aliphatic carbocycles. The van der Waals surface area contributed by atoms with Gasteiger partial charge in [-0.25, -0.2) is 0 Å². The summed E-state index contributed by atoms with van der Waals surface area (Å²) < 4.78 is 0. The van der Waals surface area contributed by atoms with Crippen LogP contribution in [-0.2, 0) is 0 Å². The maximum Gasteiger partial charge on any atom is 0.0921 e. The number of aliphatic hydroxyl groups excluding tert-OH is 1. The molecule has 1 heterocycles. The Balaban J connectivity index is 2.23. The normalized spacial score (nSPS) is 26.0. The Bertz CT molecular complexity index is 405. The third-order valence-electron chi connectivity index (χ3n) is 3.56. The van der Waals surface area contributed by atoms with Crippen molar-refractivity contribution in [2.45, 2.75) is 43.8 Å². The van der Waals surface area contributed by atoms with Crippen molar-refractivity contribution in [2.24, 2.45) is 0 Å². The van der Waals surface area contributed by atoms with Crippen LogP contribution in [0, 0.1) is 13.8 Å². The molecule has 0 amide bonds. The first-order chi connectivity index (χ1) is 8.63. The Labute approximate surface area is 119 Å². The van der Waals surface area contributed by atoms with Crippen LogP contribution in [0.25, 0.3) is 0 Å². The minimum atomic E-state index is -0.326. The van der Waals surface area contributed by atoms with Gasteiger partial charge in [0.05, 0.1) is 6.10 Å². The van der Waals surface area contributed by atoms with Crippen molar-refractivity contribution in [3.05, 3.63) is 34.9 Å². The number of hydrogen-bond acceptors (Lipinski definition) is 3. The zero-order chi connectivity index (χ0) is 13.1. The lowest BCUT2D eigenvalue weighted by Crippen LogP contribution is -2.31. The Kier molecular flexibility index (Phi) is 5.05. The predicted molar refractivity (Wildman–Crippen MR) is 83.7 cm³/mol. The second-order valence-electron chi connectivity index (χ2n) is 4.96. The molecular weight excluding hydrogens is 260 g/mol. The van der Waals surface area contributed by atoms with Gasteiger partial charge in [0.1, 0.15) is 0 Å². The first-order valence-corrected chi connectivity index (χ1v) is 8.71. The number of thioether (sulfide) groups is 2. The highest BCUT2D eigenvalue weighted by atomic mass is 32.2. The summed E-state index contributed by atoms with van der Waals surface area (Å²) in [7, 11) is 0. The minimum absolute atomic E-state index is 0.326. The average Bonchev–Trinajstić information content (AvgIpc) is 2.40. The van der Waals surface area contributed by atoms with Crippen LogP contribution >= 0.6 is 23.5 Å².